The van der Waals surface area contributed by atoms with Gasteiger partial charge in [0.05, 0.1) is 0 Å². The summed E-state index contributed by atoms with van der Waals surface area (Å²) in [5, 5.41) is 0. The molecular formula is C18H22. The van der Waals surface area contributed by atoms with Crippen molar-refractivity contribution in [1.29, 1.82) is 0 Å². The van der Waals surface area contributed by atoms with Gasteiger partial charge in [0.2, 0.25) is 0 Å². The van der Waals surface area contributed by atoms with E-state index in [2.05, 4.69) is 77.1 Å². The molecule has 2 rings (SSSR count). The Hall–Kier alpha value is -1.56. The van der Waals surface area contributed by atoms with Gasteiger partial charge in [0.15, 0.2) is 0 Å². The lowest BCUT2D eigenvalue weighted by molar-refractivity contribution is 0.592. The van der Waals surface area contributed by atoms with Crippen LogP contribution in [0.4, 0.5) is 0 Å². The zero-order valence-electron chi connectivity index (χ0n) is 12.0. The Morgan fingerprint density at radius 3 is 2.06 bits per heavy atom. The van der Waals surface area contributed by atoms with Crippen molar-refractivity contribution in [2.45, 2.75) is 40.0 Å². The van der Waals surface area contributed by atoms with Crippen molar-refractivity contribution in [2.75, 3.05) is 0 Å². The number of hydrogen-bond donors (Lipinski definition) is 0. The summed E-state index contributed by atoms with van der Waals surface area (Å²) in [6.45, 7) is 11.2. The number of rotatable bonds is 1. The van der Waals surface area contributed by atoms with Crippen LogP contribution in [0, 0.1) is 13.8 Å². The van der Waals surface area contributed by atoms with Crippen LogP contribution in [0.2, 0.25) is 0 Å². The minimum atomic E-state index is 0.175. The van der Waals surface area contributed by atoms with Gasteiger partial charge >= 0.3 is 0 Å². The van der Waals surface area contributed by atoms with Crippen LogP contribution >= 0.6 is 0 Å². The Kier molecular flexibility index (Phi) is 3.30. The second-order valence-corrected chi connectivity index (χ2v) is 6.11. The molecule has 0 heteroatoms. The van der Waals surface area contributed by atoms with Crippen LogP contribution in [0.3, 0.4) is 0 Å². The van der Waals surface area contributed by atoms with Crippen molar-refractivity contribution in [1.82, 2.24) is 0 Å². The summed E-state index contributed by atoms with van der Waals surface area (Å²) in [5.74, 6) is 0. The van der Waals surface area contributed by atoms with E-state index in [4.69, 9.17) is 0 Å². The van der Waals surface area contributed by atoms with Gasteiger partial charge in [-0.3, -0.25) is 0 Å². The van der Waals surface area contributed by atoms with Crippen molar-refractivity contribution in [2.24, 2.45) is 0 Å². The SMILES string of the molecule is Cc1ccc(-c2ccccc2C(C)(C)C)c(C)c1. The molecule has 0 fully saturated rings. The lowest BCUT2D eigenvalue weighted by Crippen LogP contribution is -2.12. The van der Waals surface area contributed by atoms with Crippen LogP contribution in [0.15, 0.2) is 42.5 Å². The predicted molar refractivity (Wildman–Crippen MR) is 80.1 cm³/mol. The maximum absolute atomic E-state index is 2.27. The quantitative estimate of drug-likeness (QED) is 0.635. The van der Waals surface area contributed by atoms with E-state index in [-0.39, 0.29) is 5.41 Å². The fraction of sp³-hybridized carbons (Fsp3) is 0.333. The Morgan fingerprint density at radius 1 is 0.778 bits per heavy atom. The smallest absolute Gasteiger partial charge is 0.0126 e. The third-order valence-corrected chi connectivity index (χ3v) is 3.41. The molecule has 18 heavy (non-hydrogen) atoms. The van der Waals surface area contributed by atoms with Gasteiger partial charge in [0, 0.05) is 0 Å². The molecule has 2 aromatic carbocycles. The average Bonchev–Trinajstić information content (AvgIpc) is 2.28. The maximum atomic E-state index is 2.27. The van der Waals surface area contributed by atoms with E-state index in [9.17, 15) is 0 Å². The lowest BCUT2D eigenvalue weighted by atomic mass is 9.81. The van der Waals surface area contributed by atoms with Gasteiger partial charge < -0.3 is 0 Å². The molecule has 0 saturated heterocycles. The maximum Gasteiger partial charge on any atom is -0.0126 e. The summed E-state index contributed by atoms with van der Waals surface area (Å²) in [4.78, 5) is 0. The average molecular weight is 238 g/mol. The first-order valence-electron chi connectivity index (χ1n) is 6.57. The highest BCUT2D eigenvalue weighted by molar-refractivity contribution is 5.72. The second kappa shape index (κ2) is 4.61. The fourth-order valence-electron chi connectivity index (χ4n) is 2.49. The molecule has 0 radical (unpaired) electrons. The van der Waals surface area contributed by atoms with E-state index in [1.165, 1.54) is 27.8 Å². The minimum Gasteiger partial charge on any atom is -0.0619 e. The number of benzene rings is 2. The normalized spacial score (nSPS) is 11.6. The highest BCUT2D eigenvalue weighted by Crippen LogP contribution is 2.34. The Labute approximate surface area is 111 Å². The first-order chi connectivity index (χ1) is 8.39. The van der Waals surface area contributed by atoms with Crippen LogP contribution in [0.5, 0.6) is 0 Å². The first-order valence-corrected chi connectivity index (χ1v) is 6.57. The zero-order chi connectivity index (χ0) is 13.3. The summed E-state index contributed by atoms with van der Waals surface area (Å²) < 4.78 is 0. The summed E-state index contributed by atoms with van der Waals surface area (Å²) in [5.41, 5.74) is 6.98. The van der Waals surface area contributed by atoms with Gasteiger partial charge in [-0.25, -0.2) is 0 Å². The molecule has 0 nitrogen and oxygen atoms in total. The molecule has 94 valence electrons. The molecule has 0 heterocycles. The van der Waals surface area contributed by atoms with Gasteiger partial charge in [-0.2, -0.15) is 0 Å². The molecule has 0 aliphatic heterocycles. The zero-order valence-corrected chi connectivity index (χ0v) is 12.0. The molecule has 0 aliphatic carbocycles. The largest absolute Gasteiger partial charge is 0.0619 e. The van der Waals surface area contributed by atoms with E-state index in [0.29, 0.717) is 0 Å². The monoisotopic (exact) mass is 238 g/mol. The lowest BCUT2D eigenvalue weighted by Gasteiger charge is -2.23. The fourth-order valence-corrected chi connectivity index (χ4v) is 2.49. The molecule has 0 bridgehead atoms. The van der Waals surface area contributed by atoms with Gasteiger partial charge in [0.25, 0.3) is 0 Å². The van der Waals surface area contributed by atoms with Crippen molar-refractivity contribution >= 4 is 0 Å². The Morgan fingerprint density at radius 2 is 1.44 bits per heavy atom. The molecule has 0 saturated carbocycles. The van der Waals surface area contributed by atoms with Gasteiger partial charge in [0.1, 0.15) is 0 Å². The van der Waals surface area contributed by atoms with Gasteiger partial charge in [-0.05, 0) is 41.5 Å². The molecule has 0 N–H and O–H groups in total. The van der Waals surface area contributed by atoms with Gasteiger partial charge in [-0.1, -0.05) is 68.8 Å². The van der Waals surface area contributed by atoms with Gasteiger partial charge in [-0.15, -0.1) is 0 Å². The Bertz CT molecular complexity index is 556. The molecule has 0 aromatic heterocycles. The van der Waals surface area contributed by atoms with Crippen LogP contribution < -0.4 is 0 Å². The van der Waals surface area contributed by atoms with Crippen molar-refractivity contribution in [3.63, 3.8) is 0 Å². The molecule has 0 atom stereocenters. The summed E-state index contributed by atoms with van der Waals surface area (Å²) in [7, 11) is 0. The molecule has 0 unspecified atom stereocenters. The van der Waals surface area contributed by atoms with E-state index >= 15 is 0 Å². The highest BCUT2D eigenvalue weighted by atomic mass is 14.2. The Balaban J connectivity index is 2.64. The number of hydrogen-bond acceptors (Lipinski definition) is 0. The van der Waals surface area contributed by atoms with Crippen LogP contribution in [-0.2, 0) is 5.41 Å². The van der Waals surface area contributed by atoms with Crippen molar-refractivity contribution in [3.8, 4) is 11.1 Å². The first kappa shape index (κ1) is 12.9. The molecule has 2 aromatic rings. The van der Waals surface area contributed by atoms with Crippen LogP contribution in [0.25, 0.3) is 11.1 Å². The van der Waals surface area contributed by atoms with E-state index in [0.717, 1.165) is 0 Å². The summed E-state index contributed by atoms with van der Waals surface area (Å²) in [6, 6.07) is 15.4. The van der Waals surface area contributed by atoms with Crippen molar-refractivity contribution < 1.29 is 0 Å². The molecule has 0 aliphatic rings. The standard InChI is InChI=1S/C18H22/c1-13-10-11-15(14(2)12-13)16-8-6-7-9-17(16)18(3,4)5/h6-12H,1-5H3. The topological polar surface area (TPSA) is 0 Å². The second-order valence-electron chi connectivity index (χ2n) is 6.11. The van der Waals surface area contributed by atoms with E-state index < -0.39 is 0 Å². The van der Waals surface area contributed by atoms with Crippen LogP contribution in [0.1, 0.15) is 37.5 Å². The predicted octanol–water partition coefficient (Wildman–Crippen LogP) is 5.27. The summed E-state index contributed by atoms with van der Waals surface area (Å²) in [6.07, 6.45) is 0. The van der Waals surface area contributed by atoms with E-state index in [1.807, 2.05) is 0 Å². The minimum absolute atomic E-state index is 0.175. The molecule has 0 spiro atoms. The third-order valence-electron chi connectivity index (χ3n) is 3.41. The van der Waals surface area contributed by atoms with Crippen LogP contribution in [-0.4, -0.2) is 0 Å². The summed E-state index contributed by atoms with van der Waals surface area (Å²) >= 11 is 0. The molecular weight excluding hydrogens is 216 g/mol. The molecule has 0 amide bonds. The van der Waals surface area contributed by atoms with E-state index in [1.54, 1.807) is 0 Å². The third kappa shape index (κ3) is 2.48. The van der Waals surface area contributed by atoms with Crippen molar-refractivity contribution in [3.05, 3.63) is 59.2 Å². The number of aryl methyl sites for hydroxylation is 2. The highest BCUT2D eigenvalue weighted by Gasteiger charge is 2.18.